The lowest BCUT2D eigenvalue weighted by molar-refractivity contribution is 0.150. The lowest BCUT2D eigenvalue weighted by Crippen LogP contribution is -2.45. The van der Waals surface area contributed by atoms with Crippen LogP contribution < -0.4 is 5.32 Å². The molecular formula is C16H28N2. The molecule has 0 radical (unpaired) electrons. The maximum absolute atomic E-state index is 3.52. The topological polar surface area (TPSA) is 15.3 Å². The smallest absolute Gasteiger partial charge is 0.0239 e. The first-order valence-electron chi connectivity index (χ1n) is 7.03. The van der Waals surface area contributed by atoms with Gasteiger partial charge in [-0.1, -0.05) is 44.2 Å². The van der Waals surface area contributed by atoms with Crippen molar-refractivity contribution < 1.29 is 0 Å². The molecule has 18 heavy (non-hydrogen) atoms. The summed E-state index contributed by atoms with van der Waals surface area (Å²) in [6.07, 6.45) is 0. The zero-order chi connectivity index (χ0) is 13.5. The van der Waals surface area contributed by atoms with Crippen molar-refractivity contribution >= 4 is 0 Å². The molecule has 0 saturated carbocycles. The molecule has 1 N–H and O–H groups in total. The normalized spacial score (nSPS) is 13.6. The molecule has 1 atom stereocenters. The van der Waals surface area contributed by atoms with Crippen molar-refractivity contribution in [3.8, 4) is 0 Å². The van der Waals surface area contributed by atoms with Crippen molar-refractivity contribution in [3.05, 3.63) is 35.9 Å². The minimum atomic E-state index is 0.549. The van der Waals surface area contributed by atoms with E-state index in [1.807, 2.05) is 0 Å². The van der Waals surface area contributed by atoms with E-state index in [1.54, 1.807) is 0 Å². The van der Waals surface area contributed by atoms with E-state index in [1.165, 1.54) is 5.56 Å². The van der Waals surface area contributed by atoms with Crippen molar-refractivity contribution in [1.29, 1.82) is 0 Å². The molecule has 0 bridgehead atoms. The fraction of sp³-hybridized carbons (Fsp3) is 0.625. The zero-order valence-electron chi connectivity index (χ0n) is 12.5. The molecule has 0 fully saturated rings. The summed E-state index contributed by atoms with van der Waals surface area (Å²) in [5.74, 6) is 0. The maximum Gasteiger partial charge on any atom is 0.0239 e. The Morgan fingerprint density at radius 1 is 1.00 bits per heavy atom. The molecule has 1 aromatic rings. The molecule has 1 unspecified atom stereocenters. The van der Waals surface area contributed by atoms with Crippen LogP contribution in [0.5, 0.6) is 0 Å². The first-order chi connectivity index (χ1) is 8.50. The van der Waals surface area contributed by atoms with E-state index in [0.717, 1.165) is 13.1 Å². The molecule has 2 heteroatoms. The van der Waals surface area contributed by atoms with Crippen LogP contribution in [0.15, 0.2) is 30.3 Å². The highest BCUT2D eigenvalue weighted by Gasteiger charge is 2.17. The van der Waals surface area contributed by atoms with Gasteiger partial charge in [0.2, 0.25) is 0 Å². The van der Waals surface area contributed by atoms with Gasteiger partial charge in [-0.15, -0.1) is 0 Å². The number of benzene rings is 1. The Bertz CT molecular complexity index is 319. The fourth-order valence-corrected chi connectivity index (χ4v) is 2.17. The Morgan fingerprint density at radius 3 is 2.11 bits per heavy atom. The molecular weight excluding hydrogens is 220 g/mol. The third kappa shape index (κ3) is 5.19. The van der Waals surface area contributed by atoms with Crippen LogP contribution in [0.4, 0.5) is 0 Å². The van der Waals surface area contributed by atoms with Gasteiger partial charge in [-0.05, 0) is 26.3 Å². The summed E-state index contributed by atoms with van der Waals surface area (Å²) in [5.41, 5.74) is 1.39. The summed E-state index contributed by atoms with van der Waals surface area (Å²) in [6.45, 7) is 13.3. The van der Waals surface area contributed by atoms with Gasteiger partial charge in [-0.25, -0.2) is 0 Å². The van der Waals surface area contributed by atoms with Gasteiger partial charge in [-0.2, -0.15) is 0 Å². The molecule has 1 aromatic carbocycles. The minimum Gasteiger partial charge on any atom is -0.313 e. The number of nitrogens with one attached hydrogen (secondary N) is 1. The van der Waals surface area contributed by atoms with E-state index in [-0.39, 0.29) is 0 Å². The van der Waals surface area contributed by atoms with Crippen molar-refractivity contribution in [3.63, 3.8) is 0 Å². The Hall–Kier alpha value is -0.860. The van der Waals surface area contributed by atoms with Crippen molar-refractivity contribution in [2.45, 2.75) is 59.3 Å². The SMILES string of the molecule is CC(C)NCC(C)N(Cc1ccccc1)C(C)C. The molecule has 0 aliphatic rings. The van der Waals surface area contributed by atoms with Gasteiger partial charge >= 0.3 is 0 Å². The van der Waals surface area contributed by atoms with E-state index in [2.05, 4.69) is 75.2 Å². The van der Waals surface area contributed by atoms with Gasteiger partial charge in [0.25, 0.3) is 0 Å². The highest BCUT2D eigenvalue weighted by atomic mass is 15.2. The van der Waals surface area contributed by atoms with Crippen LogP contribution in [0.2, 0.25) is 0 Å². The van der Waals surface area contributed by atoms with E-state index in [0.29, 0.717) is 18.1 Å². The molecule has 0 spiro atoms. The summed E-state index contributed by atoms with van der Waals surface area (Å²) in [7, 11) is 0. The molecule has 0 heterocycles. The summed E-state index contributed by atoms with van der Waals surface area (Å²) in [4.78, 5) is 2.55. The standard InChI is InChI=1S/C16H28N2/c1-13(2)17-11-15(5)18(14(3)4)12-16-9-7-6-8-10-16/h6-10,13-15,17H,11-12H2,1-5H3. The Kier molecular flexibility index (Phi) is 6.37. The first kappa shape index (κ1) is 15.2. The lowest BCUT2D eigenvalue weighted by atomic mass is 10.1. The molecule has 0 aliphatic carbocycles. The Balaban J connectivity index is 2.59. The molecule has 0 aromatic heterocycles. The Labute approximate surface area is 112 Å². The average molecular weight is 248 g/mol. The third-order valence-corrected chi connectivity index (χ3v) is 3.26. The molecule has 2 nitrogen and oxygen atoms in total. The van der Waals surface area contributed by atoms with Gasteiger partial charge in [-0.3, -0.25) is 4.90 Å². The predicted octanol–water partition coefficient (Wildman–Crippen LogP) is 3.28. The van der Waals surface area contributed by atoms with Crippen molar-refractivity contribution in [2.75, 3.05) is 6.54 Å². The molecule has 102 valence electrons. The number of hydrogen-bond acceptors (Lipinski definition) is 2. The van der Waals surface area contributed by atoms with Crippen LogP contribution in [0.1, 0.15) is 40.2 Å². The van der Waals surface area contributed by atoms with Crippen LogP contribution in [0.25, 0.3) is 0 Å². The highest BCUT2D eigenvalue weighted by molar-refractivity contribution is 5.14. The largest absolute Gasteiger partial charge is 0.313 e. The first-order valence-corrected chi connectivity index (χ1v) is 7.03. The van der Waals surface area contributed by atoms with E-state index >= 15 is 0 Å². The van der Waals surface area contributed by atoms with Crippen LogP contribution in [-0.2, 0) is 6.54 Å². The summed E-state index contributed by atoms with van der Waals surface area (Å²) < 4.78 is 0. The second-order valence-corrected chi connectivity index (χ2v) is 5.66. The second kappa shape index (κ2) is 7.55. The van der Waals surface area contributed by atoms with E-state index in [4.69, 9.17) is 0 Å². The van der Waals surface area contributed by atoms with Gasteiger partial charge < -0.3 is 5.32 Å². The number of hydrogen-bond donors (Lipinski definition) is 1. The van der Waals surface area contributed by atoms with Crippen LogP contribution >= 0.6 is 0 Å². The third-order valence-electron chi connectivity index (χ3n) is 3.26. The Morgan fingerprint density at radius 2 is 1.61 bits per heavy atom. The highest BCUT2D eigenvalue weighted by Crippen LogP contribution is 2.11. The van der Waals surface area contributed by atoms with Crippen LogP contribution in [0, 0.1) is 0 Å². The molecule has 0 saturated heterocycles. The van der Waals surface area contributed by atoms with Crippen molar-refractivity contribution in [1.82, 2.24) is 10.2 Å². The minimum absolute atomic E-state index is 0.549. The maximum atomic E-state index is 3.52. The van der Waals surface area contributed by atoms with E-state index < -0.39 is 0 Å². The summed E-state index contributed by atoms with van der Waals surface area (Å²) in [6, 6.07) is 12.4. The van der Waals surface area contributed by atoms with Gasteiger partial charge in [0.05, 0.1) is 0 Å². The fourth-order valence-electron chi connectivity index (χ4n) is 2.17. The summed E-state index contributed by atoms with van der Waals surface area (Å²) >= 11 is 0. The van der Waals surface area contributed by atoms with Gasteiger partial charge in [0, 0.05) is 31.2 Å². The second-order valence-electron chi connectivity index (χ2n) is 5.66. The van der Waals surface area contributed by atoms with Crippen LogP contribution in [0.3, 0.4) is 0 Å². The average Bonchev–Trinajstić information content (AvgIpc) is 2.34. The number of rotatable bonds is 7. The molecule has 0 amide bonds. The van der Waals surface area contributed by atoms with Gasteiger partial charge in [0.1, 0.15) is 0 Å². The predicted molar refractivity (Wildman–Crippen MR) is 79.7 cm³/mol. The monoisotopic (exact) mass is 248 g/mol. The molecule has 0 aliphatic heterocycles. The zero-order valence-corrected chi connectivity index (χ0v) is 12.5. The summed E-state index contributed by atoms with van der Waals surface area (Å²) in [5, 5.41) is 3.52. The molecule has 1 rings (SSSR count). The van der Waals surface area contributed by atoms with Crippen molar-refractivity contribution in [2.24, 2.45) is 0 Å². The lowest BCUT2D eigenvalue weighted by Gasteiger charge is -2.33. The number of nitrogens with zero attached hydrogens (tertiary/aromatic N) is 1. The quantitative estimate of drug-likeness (QED) is 0.796. The van der Waals surface area contributed by atoms with Crippen LogP contribution in [-0.4, -0.2) is 29.6 Å². The van der Waals surface area contributed by atoms with E-state index in [9.17, 15) is 0 Å². The van der Waals surface area contributed by atoms with Gasteiger partial charge in [0.15, 0.2) is 0 Å².